The van der Waals surface area contributed by atoms with Crippen molar-refractivity contribution in [3.63, 3.8) is 0 Å². The van der Waals surface area contributed by atoms with E-state index in [1.807, 2.05) is 0 Å². The molecule has 0 saturated heterocycles. The Kier molecular flexibility index (Phi) is 22.8. The Hall–Kier alpha value is -1.79. The monoisotopic (exact) mass is 226 g/mol. The molecule has 0 saturated carbocycles. The summed E-state index contributed by atoms with van der Waals surface area (Å²) in [6.45, 7) is 6.91. The first-order valence-corrected chi connectivity index (χ1v) is 3.88. The standard InChI is InChI=1S/C5H10O3.C2H3F.CH2O3/c1-3-7-5(6)8-4-2;1-2-3;2-1(3)4/h3-4H2,1-2H3;2H,1H2;(H2,2,3,4). The van der Waals surface area contributed by atoms with Crippen LogP contribution in [0.2, 0.25) is 0 Å². The van der Waals surface area contributed by atoms with Crippen LogP contribution in [0.25, 0.3) is 0 Å². The molecule has 0 aliphatic carbocycles. The maximum absolute atomic E-state index is 10.2. The fourth-order valence-electron chi connectivity index (χ4n) is 0.277. The van der Waals surface area contributed by atoms with Crippen molar-refractivity contribution in [2.75, 3.05) is 13.2 Å². The molecule has 0 unspecified atom stereocenters. The molecule has 7 heteroatoms. The molecule has 0 radical (unpaired) electrons. The van der Waals surface area contributed by atoms with Crippen molar-refractivity contribution in [2.45, 2.75) is 13.8 Å². The SMILES string of the molecule is C=CF.CCOC(=O)OCC.O=C(O)O. The van der Waals surface area contributed by atoms with Gasteiger partial charge in [-0.3, -0.25) is 0 Å². The summed E-state index contributed by atoms with van der Waals surface area (Å²) >= 11 is 0. The highest BCUT2D eigenvalue weighted by Crippen LogP contribution is 1.81. The normalized spacial score (nSPS) is 6.87. The molecule has 90 valence electrons. The molecular formula is C8H15FO6. The van der Waals surface area contributed by atoms with Crippen molar-refractivity contribution in [1.82, 2.24) is 0 Å². The highest BCUT2D eigenvalue weighted by molar-refractivity contribution is 5.59. The Morgan fingerprint density at radius 2 is 1.47 bits per heavy atom. The summed E-state index contributed by atoms with van der Waals surface area (Å²) in [6, 6.07) is 0. The van der Waals surface area contributed by atoms with Crippen molar-refractivity contribution in [1.29, 1.82) is 0 Å². The van der Waals surface area contributed by atoms with Gasteiger partial charge in [0.1, 0.15) is 0 Å². The first-order chi connectivity index (χ1) is 6.95. The van der Waals surface area contributed by atoms with Crippen LogP contribution in [0.1, 0.15) is 13.8 Å². The van der Waals surface area contributed by atoms with E-state index in [2.05, 4.69) is 16.1 Å². The maximum atomic E-state index is 10.2. The Labute approximate surface area is 86.9 Å². The van der Waals surface area contributed by atoms with E-state index in [4.69, 9.17) is 15.0 Å². The number of carbonyl (C=O) groups excluding carboxylic acids is 1. The number of hydrogen-bond acceptors (Lipinski definition) is 4. The molecular weight excluding hydrogens is 211 g/mol. The van der Waals surface area contributed by atoms with Gasteiger partial charge in [0.05, 0.1) is 19.5 Å². The van der Waals surface area contributed by atoms with Crippen LogP contribution in [0.5, 0.6) is 0 Å². The van der Waals surface area contributed by atoms with E-state index in [0.29, 0.717) is 13.2 Å². The van der Waals surface area contributed by atoms with Crippen molar-refractivity contribution >= 4 is 12.3 Å². The summed E-state index contributed by atoms with van der Waals surface area (Å²) in [7, 11) is 0. The lowest BCUT2D eigenvalue weighted by Crippen LogP contribution is -2.05. The average Bonchev–Trinajstić information content (AvgIpc) is 2.05. The third-order valence-electron chi connectivity index (χ3n) is 0.524. The highest BCUT2D eigenvalue weighted by atomic mass is 19.1. The lowest BCUT2D eigenvalue weighted by Gasteiger charge is -1.98. The summed E-state index contributed by atoms with van der Waals surface area (Å²) < 4.78 is 18.9. The topological polar surface area (TPSA) is 93.1 Å². The van der Waals surface area contributed by atoms with Gasteiger partial charge >= 0.3 is 12.3 Å². The first kappa shape index (κ1) is 18.9. The minimum atomic E-state index is -1.83. The summed E-state index contributed by atoms with van der Waals surface area (Å²) in [5, 5.41) is 13.9. The zero-order valence-corrected chi connectivity index (χ0v) is 8.60. The number of carboxylic acid groups (broad SMARTS) is 2. The lowest BCUT2D eigenvalue weighted by molar-refractivity contribution is 0.0630. The average molecular weight is 226 g/mol. The van der Waals surface area contributed by atoms with Crippen LogP contribution in [0.4, 0.5) is 14.0 Å². The van der Waals surface area contributed by atoms with E-state index in [1.54, 1.807) is 13.8 Å². The van der Waals surface area contributed by atoms with Crippen LogP contribution in [-0.2, 0) is 9.47 Å². The molecule has 0 amide bonds. The van der Waals surface area contributed by atoms with Gasteiger partial charge in [-0.15, -0.1) is 0 Å². The quantitative estimate of drug-likeness (QED) is 0.702. The maximum Gasteiger partial charge on any atom is 0.508 e. The molecule has 0 aromatic heterocycles. The molecule has 0 aliphatic rings. The number of carbonyl (C=O) groups is 2. The van der Waals surface area contributed by atoms with Crippen molar-refractivity contribution in [2.24, 2.45) is 0 Å². The summed E-state index contributed by atoms with van der Waals surface area (Å²) in [5.74, 6) is 0. The predicted octanol–water partition coefficient (Wildman–Crippen LogP) is 2.50. The largest absolute Gasteiger partial charge is 0.508 e. The lowest BCUT2D eigenvalue weighted by atomic mass is 10.8. The van der Waals surface area contributed by atoms with E-state index in [0.717, 1.165) is 0 Å². The predicted molar refractivity (Wildman–Crippen MR) is 50.6 cm³/mol. The van der Waals surface area contributed by atoms with Crippen LogP contribution in [-0.4, -0.2) is 35.7 Å². The molecule has 0 aliphatic heterocycles. The van der Waals surface area contributed by atoms with Gasteiger partial charge in [0.25, 0.3) is 0 Å². The number of halogens is 1. The van der Waals surface area contributed by atoms with Crippen LogP contribution in [0, 0.1) is 0 Å². The fraction of sp³-hybridized carbons (Fsp3) is 0.500. The molecule has 0 fully saturated rings. The Morgan fingerprint density at radius 3 is 1.60 bits per heavy atom. The van der Waals surface area contributed by atoms with Gasteiger partial charge in [0.2, 0.25) is 0 Å². The molecule has 0 heterocycles. The molecule has 0 aromatic rings. The van der Waals surface area contributed by atoms with Crippen molar-refractivity contribution in [3.05, 3.63) is 12.9 Å². The van der Waals surface area contributed by atoms with E-state index in [1.165, 1.54) is 0 Å². The van der Waals surface area contributed by atoms with Gasteiger partial charge in [0.15, 0.2) is 0 Å². The van der Waals surface area contributed by atoms with E-state index < -0.39 is 12.3 Å². The van der Waals surface area contributed by atoms with Gasteiger partial charge in [-0.1, -0.05) is 6.58 Å². The molecule has 0 spiro atoms. The van der Waals surface area contributed by atoms with Crippen molar-refractivity contribution < 1.29 is 33.7 Å². The summed E-state index contributed by atoms with van der Waals surface area (Å²) in [6.07, 6.45) is -2.17. The fourth-order valence-corrected chi connectivity index (χ4v) is 0.277. The number of rotatable bonds is 2. The Bertz CT molecular complexity index is 159. The van der Waals surface area contributed by atoms with Crippen LogP contribution >= 0.6 is 0 Å². The molecule has 0 aromatic carbocycles. The molecule has 0 bridgehead atoms. The van der Waals surface area contributed by atoms with Crippen LogP contribution in [0.15, 0.2) is 12.9 Å². The second-order valence-corrected chi connectivity index (χ2v) is 1.55. The highest BCUT2D eigenvalue weighted by Gasteiger charge is 1.96. The van der Waals surface area contributed by atoms with Gasteiger partial charge in [-0.2, -0.15) is 0 Å². The summed E-state index contributed by atoms with van der Waals surface area (Å²) in [4.78, 5) is 18.8. The molecule has 0 rings (SSSR count). The summed E-state index contributed by atoms with van der Waals surface area (Å²) in [5.41, 5.74) is 0. The zero-order valence-electron chi connectivity index (χ0n) is 8.60. The molecule has 2 N–H and O–H groups in total. The first-order valence-electron chi connectivity index (χ1n) is 3.88. The number of ether oxygens (including phenoxy) is 2. The third-order valence-corrected chi connectivity index (χ3v) is 0.524. The van der Waals surface area contributed by atoms with Gasteiger partial charge in [-0.05, 0) is 13.8 Å². The van der Waals surface area contributed by atoms with Gasteiger partial charge in [-0.25, -0.2) is 14.0 Å². The van der Waals surface area contributed by atoms with Gasteiger partial charge < -0.3 is 19.7 Å². The van der Waals surface area contributed by atoms with Crippen LogP contribution in [0.3, 0.4) is 0 Å². The van der Waals surface area contributed by atoms with Crippen LogP contribution < -0.4 is 0 Å². The third kappa shape index (κ3) is 71.8. The minimum absolute atomic E-state index is 0.250. The zero-order chi connectivity index (χ0) is 12.7. The number of hydrogen-bond donors (Lipinski definition) is 2. The Morgan fingerprint density at radius 1 is 1.27 bits per heavy atom. The smallest absolute Gasteiger partial charge is 0.450 e. The molecule has 15 heavy (non-hydrogen) atoms. The Balaban J connectivity index is -0.000000173. The molecule has 0 atom stereocenters. The van der Waals surface area contributed by atoms with E-state index >= 15 is 0 Å². The van der Waals surface area contributed by atoms with E-state index in [-0.39, 0.29) is 6.33 Å². The minimum Gasteiger partial charge on any atom is -0.450 e. The van der Waals surface area contributed by atoms with Gasteiger partial charge in [0, 0.05) is 0 Å². The van der Waals surface area contributed by atoms with E-state index in [9.17, 15) is 9.18 Å². The second-order valence-electron chi connectivity index (χ2n) is 1.55. The molecule has 6 nitrogen and oxygen atoms in total. The second kappa shape index (κ2) is 18.1. The van der Waals surface area contributed by atoms with Crippen molar-refractivity contribution in [3.8, 4) is 0 Å².